The van der Waals surface area contributed by atoms with Crippen molar-refractivity contribution in [2.45, 2.75) is 26.2 Å². The van der Waals surface area contributed by atoms with Gasteiger partial charge >= 0.3 is 0 Å². The van der Waals surface area contributed by atoms with Gasteiger partial charge in [-0.2, -0.15) is 0 Å². The molecule has 0 aliphatic carbocycles. The Labute approximate surface area is 106 Å². The largest absolute Gasteiger partial charge is 0.506 e. The van der Waals surface area contributed by atoms with Gasteiger partial charge in [0.2, 0.25) is 5.91 Å². The number of nitrogens with two attached hydrogens (primary N) is 1. The molecule has 0 saturated carbocycles. The molecule has 5 heteroatoms. The Balaban J connectivity index is 2.97. The van der Waals surface area contributed by atoms with Gasteiger partial charge in [0.25, 0.3) is 0 Å². The molecule has 0 unspecified atom stereocenters. The molecule has 1 rings (SSSR count). The van der Waals surface area contributed by atoms with E-state index in [1.165, 1.54) is 13.0 Å². The SMILES string of the molecule is CC(=O)Nc1c(O)ccc(Cl)c1CCCCN. The molecule has 0 radical (unpaired) electrons. The minimum absolute atomic E-state index is 0.0346. The Bertz CT molecular complexity index is 408. The monoisotopic (exact) mass is 256 g/mol. The normalized spacial score (nSPS) is 10.3. The van der Waals surface area contributed by atoms with Crippen molar-refractivity contribution >= 4 is 23.2 Å². The predicted octanol–water partition coefficient (Wildman–Crippen LogP) is 2.29. The topological polar surface area (TPSA) is 75.3 Å². The van der Waals surface area contributed by atoms with E-state index in [1.54, 1.807) is 6.07 Å². The van der Waals surface area contributed by atoms with Gasteiger partial charge in [-0.05, 0) is 43.5 Å². The van der Waals surface area contributed by atoms with Gasteiger partial charge in [-0.25, -0.2) is 0 Å². The Hall–Kier alpha value is -1.26. The summed E-state index contributed by atoms with van der Waals surface area (Å²) in [5.41, 5.74) is 6.59. The minimum Gasteiger partial charge on any atom is -0.506 e. The molecule has 94 valence electrons. The zero-order chi connectivity index (χ0) is 12.8. The lowest BCUT2D eigenvalue weighted by Crippen LogP contribution is -2.09. The molecule has 0 bridgehead atoms. The maximum Gasteiger partial charge on any atom is 0.221 e. The number of halogens is 1. The van der Waals surface area contributed by atoms with Crippen LogP contribution in [0, 0.1) is 0 Å². The van der Waals surface area contributed by atoms with Crippen molar-refractivity contribution < 1.29 is 9.90 Å². The summed E-state index contributed by atoms with van der Waals surface area (Å²) in [6, 6.07) is 3.10. The molecule has 4 N–H and O–H groups in total. The fourth-order valence-electron chi connectivity index (χ4n) is 1.62. The molecule has 0 aliphatic heterocycles. The summed E-state index contributed by atoms with van der Waals surface area (Å²) < 4.78 is 0. The molecule has 0 aromatic heterocycles. The summed E-state index contributed by atoms with van der Waals surface area (Å²) in [5, 5.41) is 12.9. The van der Waals surface area contributed by atoms with E-state index in [-0.39, 0.29) is 11.7 Å². The predicted molar refractivity (Wildman–Crippen MR) is 69.4 cm³/mol. The number of benzene rings is 1. The van der Waals surface area contributed by atoms with E-state index in [4.69, 9.17) is 17.3 Å². The van der Waals surface area contributed by atoms with Crippen LogP contribution < -0.4 is 11.1 Å². The van der Waals surface area contributed by atoms with Crippen molar-refractivity contribution in [1.82, 2.24) is 0 Å². The number of rotatable bonds is 5. The Morgan fingerprint density at radius 3 is 2.76 bits per heavy atom. The average molecular weight is 257 g/mol. The number of phenolic OH excluding ortho intramolecular Hbond substituents is 1. The van der Waals surface area contributed by atoms with Crippen LogP contribution in [0.2, 0.25) is 5.02 Å². The van der Waals surface area contributed by atoms with E-state index in [2.05, 4.69) is 5.32 Å². The van der Waals surface area contributed by atoms with Gasteiger partial charge in [0.15, 0.2) is 0 Å². The van der Waals surface area contributed by atoms with Crippen molar-refractivity contribution in [3.63, 3.8) is 0 Å². The van der Waals surface area contributed by atoms with E-state index in [0.717, 1.165) is 18.4 Å². The minimum atomic E-state index is -0.234. The van der Waals surface area contributed by atoms with Crippen LogP contribution in [-0.4, -0.2) is 17.6 Å². The molecule has 1 amide bonds. The highest BCUT2D eigenvalue weighted by molar-refractivity contribution is 6.32. The third-order valence-corrected chi connectivity index (χ3v) is 2.77. The van der Waals surface area contributed by atoms with Crippen LogP contribution in [0.4, 0.5) is 5.69 Å². The van der Waals surface area contributed by atoms with Gasteiger partial charge in [0.05, 0.1) is 5.69 Å². The van der Waals surface area contributed by atoms with Crippen LogP contribution in [0.3, 0.4) is 0 Å². The highest BCUT2D eigenvalue weighted by Crippen LogP contribution is 2.34. The zero-order valence-electron chi connectivity index (χ0n) is 9.79. The first-order valence-corrected chi connectivity index (χ1v) is 5.92. The third kappa shape index (κ3) is 3.91. The number of aromatic hydroxyl groups is 1. The number of carbonyl (C=O) groups excluding carboxylic acids is 1. The fourth-order valence-corrected chi connectivity index (χ4v) is 1.87. The number of phenols is 1. The highest BCUT2D eigenvalue weighted by atomic mass is 35.5. The molecule has 1 aromatic rings. The number of anilines is 1. The zero-order valence-corrected chi connectivity index (χ0v) is 10.5. The summed E-state index contributed by atoms with van der Waals surface area (Å²) in [5.74, 6) is -0.199. The summed E-state index contributed by atoms with van der Waals surface area (Å²) in [6.45, 7) is 2.01. The maximum absolute atomic E-state index is 11.1. The number of carbonyl (C=O) groups is 1. The number of unbranched alkanes of at least 4 members (excludes halogenated alkanes) is 1. The summed E-state index contributed by atoms with van der Waals surface area (Å²) in [7, 11) is 0. The maximum atomic E-state index is 11.1. The molecule has 0 saturated heterocycles. The first-order valence-electron chi connectivity index (χ1n) is 5.54. The van der Waals surface area contributed by atoms with Crippen LogP contribution in [-0.2, 0) is 11.2 Å². The molecule has 0 fully saturated rings. The van der Waals surface area contributed by atoms with E-state index in [9.17, 15) is 9.90 Å². The third-order valence-electron chi connectivity index (χ3n) is 2.42. The molecule has 17 heavy (non-hydrogen) atoms. The molecule has 0 atom stereocenters. The van der Waals surface area contributed by atoms with E-state index in [0.29, 0.717) is 23.7 Å². The van der Waals surface area contributed by atoms with Crippen molar-refractivity contribution in [1.29, 1.82) is 0 Å². The van der Waals surface area contributed by atoms with Crippen LogP contribution in [0.25, 0.3) is 0 Å². The number of hydrogen-bond donors (Lipinski definition) is 3. The quantitative estimate of drug-likeness (QED) is 0.559. The molecule has 0 aliphatic rings. The summed E-state index contributed by atoms with van der Waals surface area (Å²) in [4.78, 5) is 11.1. The Morgan fingerprint density at radius 1 is 1.47 bits per heavy atom. The van der Waals surface area contributed by atoms with Crippen molar-refractivity contribution in [3.05, 3.63) is 22.7 Å². The molecule has 1 aromatic carbocycles. The van der Waals surface area contributed by atoms with Crippen LogP contribution >= 0.6 is 11.6 Å². The highest BCUT2D eigenvalue weighted by Gasteiger charge is 2.12. The standard InChI is InChI=1S/C12H17ClN2O2/c1-8(16)15-12-9(4-2-3-7-14)10(13)5-6-11(12)17/h5-6,17H,2-4,7,14H2,1H3,(H,15,16). The fraction of sp³-hybridized carbons (Fsp3) is 0.417. The first kappa shape index (κ1) is 13.8. The second-order valence-corrected chi connectivity index (χ2v) is 4.25. The smallest absolute Gasteiger partial charge is 0.221 e. The number of nitrogens with one attached hydrogen (secondary N) is 1. The summed E-state index contributed by atoms with van der Waals surface area (Å²) in [6.07, 6.45) is 2.43. The van der Waals surface area contributed by atoms with Gasteiger partial charge in [0, 0.05) is 11.9 Å². The van der Waals surface area contributed by atoms with Gasteiger partial charge < -0.3 is 16.2 Å². The average Bonchev–Trinajstić information content (AvgIpc) is 2.27. The number of hydrogen-bond acceptors (Lipinski definition) is 3. The Morgan fingerprint density at radius 2 is 2.18 bits per heavy atom. The molecule has 4 nitrogen and oxygen atoms in total. The lowest BCUT2D eigenvalue weighted by molar-refractivity contribution is -0.114. The van der Waals surface area contributed by atoms with Gasteiger partial charge in [0.1, 0.15) is 5.75 Å². The van der Waals surface area contributed by atoms with Crippen LogP contribution in [0.1, 0.15) is 25.3 Å². The van der Waals surface area contributed by atoms with E-state index < -0.39 is 0 Å². The first-order chi connectivity index (χ1) is 8.06. The molecule has 0 spiro atoms. The van der Waals surface area contributed by atoms with Crippen molar-refractivity contribution in [2.75, 3.05) is 11.9 Å². The lowest BCUT2D eigenvalue weighted by Gasteiger charge is -2.13. The number of amides is 1. The summed E-state index contributed by atoms with van der Waals surface area (Å²) >= 11 is 6.07. The van der Waals surface area contributed by atoms with Crippen LogP contribution in [0.15, 0.2) is 12.1 Å². The van der Waals surface area contributed by atoms with Crippen molar-refractivity contribution in [3.8, 4) is 5.75 Å². The van der Waals surface area contributed by atoms with Gasteiger partial charge in [-0.3, -0.25) is 4.79 Å². The second-order valence-electron chi connectivity index (χ2n) is 3.85. The molecular formula is C12H17ClN2O2. The van der Waals surface area contributed by atoms with Crippen molar-refractivity contribution in [2.24, 2.45) is 5.73 Å². The second kappa shape index (κ2) is 6.47. The van der Waals surface area contributed by atoms with Gasteiger partial charge in [-0.15, -0.1) is 0 Å². The Kier molecular flexibility index (Phi) is 5.25. The van der Waals surface area contributed by atoms with Gasteiger partial charge in [-0.1, -0.05) is 11.6 Å². The lowest BCUT2D eigenvalue weighted by atomic mass is 10.0. The molecular weight excluding hydrogens is 240 g/mol. The van der Waals surface area contributed by atoms with Crippen LogP contribution in [0.5, 0.6) is 5.75 Å². The molecule has 0 heterocycles. The van der Waals surface area contributed by atoms with E-state index >= 15 is 0 Å². The van der Waals surface area contributed by atoms with E-state index in [1.807, 2.05) is 0 Å².